The maximum absolute atomic E-state index is 11.6. The zero-order valence-electron chi connectivity index (χ0n) is 10.0. The summed E-state index contributed by atoms with van der Waals surface area (Å²) in [5.41, 5.74) is -1.07. The molecule has 1 aromatic rings. The number of carboxylic acids is 1. The predicted molar refractivity (Wildman–Crippen MR) is 60.7 cm³/mol. The van der Waals surface area contributed by atoms with Crippen LogP contribution in [0.1, 0.15) is 25.6 Å². The number of hydrogen-bond acceptors (Lipinski definition) is 4. The minimum Gasteiger partial charge on any atom is -0.480 e. The van der Waals surface area contributed by atoms with Crippen LogP contribution in [0.25, 0.3) is 0 Å². The lowest BCUT2D eigenvalue weighted by molar-refractivity contribution is -0.140. The normalized spacial score (nSPS) is 16.1. The first-order valence-corrected chi connectivity index (χ1v) is 5.73. The molecule has 0 aliphatic heterocycles. The highest BCUT2D eigenvalue weighted by atomic mass is 16.4. The van der Waals surface area contributed by atoms with Gasteiger partial charge in [0.2, 0.25) is 0 Å². The highest BCUT2D eigenvalue weighted by Gasteiger charge is 2.51. The Morgan fingerprint density at radius 2 is 2.28 bits per heavy atom. The van der Waals surface area contributed by atoms with Gasteiger partial charge in [0, 0.05) is 6.54 Å². The van der Waals surface area contributed by atoms with E-state index in [1.165, 1.54) is 0 Å². The van der Waals surface area contributed by atoms with Crippen LogP contribution in [0.15, 0.2) is 6.33 Å². The molecule has 0 bridgehead atoms. The number of nitrogens with one attached hydrogen (secondary N) is 2. The first-order valence-electron chi connectivity index (χ1n) is 5.73. The Hall–Kier alpha value is -2.12. The van der Waals surface area contributed by atoms with Crippen molar-refractivity contribution < 1.29 is 14.7 Å². The van der Waals surface area contributed by atoms with Gasteiger partial charge in [-0.3, -0.25) is 0 Å². The smallest absolute Gasteiger partial charge is 0.329 e. The SMILES string of the molecule is CCn1cnnc1CNC(=O)NC1(C(=O)O)CC1. The molecular weight excluding hydrogens is 238 g/mol. The van der Waals surface area contributed by atoms with Crippen LogP contribution in [-0.2, 0) is 17.9 Å². The van der Waals surface area contributed by atoms with Crippen LogP contribution < -0.4 is 10.6 Å². The number of aryl methyl sites for hydroxylation is 1. The van der Waals surface area contributed by atoms with Gasteiger partial charge in [-0.25, -0.2) is 9.59 Å². The molecule has 2 rings (SSSR count). The Balaban J connectivity index is 1.84. The van der Waals surface area contributed by atoms with Gasteiger partial charge in [0.25, 0.3) is 0 Å². The van der Waals surface area contributed by atoms with Gasteiger partial charge in [-0.05, 0) is 19.8 Å². The van der Waals surface area contributed by atoms with Crippen LogP contribution in [-0.4, -0.2) is 37.4 Å². The fraction of sp³-hybridized carbons (Fsp3) is 0.600. The van der Waals surface area contributed by atoms with Gasteiger partial charge in [-0.15, -0.1) is 10.2 Å². The second-order valence-electron chi connectivity index (χ2n) is 4.23. The van der Waals surface area contributed by atoms with Gasteiger partial charge in [-0.2, -0.15) is 0 Å². The van der Waals surface area contributed by atoms with Crippen molar-refractivity contribution in [2.45, 2.75) is 38.4 Å². The number of aromatic nitrogens is 3. The highest BCUT2D eigenvalue weighted by Crippen LogP contribution is 2.35. The van der Waals surface area contributed by atoms with Gasteiger partial charge < -0.3 is 20.3 Å². The van der Waals surface area contributed by atoms with Crippen molar-refractivity contribution in [3.05, 3.63) is 12.2 Å². The third-order valence-corrected chi connectivity index (χ3v) is 2.96. The van der Waals surface area contributed by atoms with E-state index >= 15 is 0 Å². The quantitative estimate of drug-likeness (QED) is 0.668. The number of urea groups is 1. The molecule has 0 atom stereocenters. The van der Waals surface area contributed by atoms with Crippen molar-refractivity contribution in [3.63, 3.8) is 0 Å². The zero-order chi connectivity index (χ0) is 13.2. The molecular formula is C10H15N5O3. The standard InChI is InChI=1S/C10H15N5O3/c1-2-15-6-12-14-7(15)5-11-9(18)13-10(3-4-10)8(16)17/h6H,2-5H2,1H3,(H,16,17)(H2,11,13,18). The average Bonchev–Trinajstić information content (AvgIpc) is 2.97. The zero-order valence-corrected chi connectivity index (χ0v) is 10.0. The van der Waals surface area contributed by atoms with Crippen molar-refractivity contribution in [2.75, 3.05) is 0 Å². The van der Waals surface area contributed by atoms with Crippen molar-refractivity contribution >= 4 is 12.0 Å². The molecule has 1 aromatic heterocycles. The van der Waals surface area contributed by atoms with Crippen molar-refractivity contribution in [3.8, 4) is 0 Å². The Kier molecular flexibility index (Phi) is 3.17. The summed E-state index contributed by atoms with van der Waals surface area (Å²) in [7, 11) is 0. The molecule has 0 aromatic carbocycles. The summed E-state index contributed by atoms with van der Waals surface area (Å²) in [6, 6.07) is -0.499. The van der Waals surface area contributed by atoms with E-state index in [-0.39, 0.29) is 6.54 Å². The molecule has 2 amide bonds. The minimum absolute atomic E-state index is 0.218. The second kappa shape index (κ2) is 4.63. The minimum atomic E-state index is -1.07. The number of hydrogen-bond donors (Lipinski definition) is 3. The molecule has 98 valence electrons. The predicted octanol–water partition coefficient (Wildman–Crippen LogP) is -0.286. The molecule has 0 spiro atoms. The van der Waals surface area contributed by atoms with Gasteiger partial charge in [0.1, 0.15) is 11.9 Å². The molecule has 8 heteroatoms. The van der Waals surface area contributed by atoms with E-state index in [9.17, 15) is 9.59 Å². The molecule has 1 aliphatic carbocycles. The third-order valence-electron chi connectivity index (χ3n) is 2.96. The summed E-state index contributed by atoms with van der Waals surface area (Å²) < 4.78 is 1.80. The molecule has 1 aliphatic rings. The average molecular weight is 253 g/mol. The van der Waals surface area contributed by atoms with E-state index in [2.05, 4.69) is 20.8 Å². The van der Waals surface area contributed by atoms with Crippen LogP contribution >= 0.6 is 0 Å². The molecule has 1 fully saturated rings. The van der Waals surface area contributed by atoms with E-state index < -0.39 is 17.5 Å². The molecule has 0 saturated heterocycles. The number of amides is 2. The van der Waals surface area contributed by atoms with Crippen LogP contribution in [0.5, 0.6) is 0 Å². The highest BCUT2D eigenvalue weighted by molar-refractivity contribution is 5.88. The summed E-state index contributed by atoms with van der Waals surface area (Å²) in [5, 5.41) is 21.5. The fourth-order valence-corrected chi connectivity index (χ4v) is 1.62. The lowest BCUT2D eigenvalue weighted by atomic mass is 10.3. The van der Waals surface area contributed by atoms with Crippen molar-refractivity contribution in [2.24, 2.45) is 0 Å². The summed E-state index contributed by atoms with van der Waals surface area (Å²) in [5.74, 6) is -0.359. The molecule has 18 heavy (non-hydrogen) atoms. The third kappa shape index (κ3) is 2.41. The maximum atomic E-state index is 11.6. The van der Waals surface area contributed by atoms with Crippen LogP contribution in [0.2, 0.25) is 0 Å². The Bertz CT molecular complexity index is 466. The molecule has 8 nitrogen and oxygen atoms in total. The van der Waals surface area contributed by atoms with E-state index in [0.717, 1.165) is 0 Å². The monoisotopic (exact) mass is 253 g/mol. The lowest BCUT2D eigenvalue weighted by Gasteiger charge is -2.13. The van der Waals surface area contributed by atoms with Crippen molar-refractivity contribution in [1.29, 1.82) is 0 Å². The van der Waals surface area contributed by atoms with Gasteiger partial charge >= 0.3 is 12.0 Å². The molecule has 3 N–H and O–H groups in total. The van der Waals surface area contributed by atoms with Crippen LogP contribution in [0.3, 0.4) is 0 Å². The van der Waals surface area contributed by atoms with E-state index in [1.54, 1.807) is 10.9 Å². The Labute approximate surface area is 103 Å². The summed E-state index contributed by atoms with van der Waals surface area (Å²) in [4.78, 5) is 22.4. The molecule has 0 unspecified atom stereocenters. The number of carbonyl (C=O) groups is 2. The lowest BCUT2D eigenvalue weighted by Crippen LogP contribution is -2.47. The molecule has 1 saturated carbocycles. The Morgan fingerprint density at radius 3 is 2.83 bits per heavy atom. The summed E-state index contributed by atoms with van der Waals surface area (Å²) in [6.07, 6.45) is 2.52. The molecule has 1 heterocycles. The number of nitrogens with zero attached hydrogens (tertiary/aromatic N) is 3. The summed E-state index contributed by atoms with van der Waals surface area (Å²) >= 11 is 0. The first-order chi connectivity index (χ1) is 8.57. The largest absolute Gasteiger partial charge is 0.480 e. The fourth-order valence-electron chi connectivity index (χ4n) is 1.62. The van der Waals surface area contributed by atoms with Crippen LogP contribution in [0, 0.1) is 0 Å². The summed E-state index contributed by atoms with van der Waals surface area (Å²) in [6.45, 7) is 2.87. The number of carbonyl (C=O) groups excluding carboxylic acids is 1. The van der Waals surface area contributed by atoms with E-state index in [4.69, 9.17) is 5.11 Å². The van der Waals surface area contributed by atoms with Gasteiger partial charge in [-0.1, -0.05) is 0 Å². The van der Waals surface area contributed by atoms with Gasteiger partial charge in [0.05, 0.1) is 6.54 Å². The first kappa shape index (κ1) is 12.3. The number of aliphatic carboxylic acids is 1. The Morgan fingerprint density at radius 1 is 1.56 bits per heavy atom. The van der Waals surface area contributed by atoms with Gasteiger partial charge in [0.15, 0.2) is 5.82 Å². The number of rotatable bonds is 5. The second-order valence-corrected chi connectivity index (χ2v) is 4.23. The van der Waals surface area contributed by atoms with E-state index in [0.29, 0.717) is 25.2 Å². The van der Waals surface area contributed by atoms with Crippen molar-refractivity contribution in [1.82, 2.24) is 25.4 Å². The topological polar surface area (TPSA) is 109 Å². The van der Waals surface area contributed by atoms with E-state index in [1.807, 2.05) is 6.92 Å². The van der Waals surface area contributed by atoms with Crippen LogP contribution in [0.4, 0.5) is 4.79 Å². The molecule has 0 radical (unpaired) electrons. The maximum Gasteiger partial charge on any atom is 0.329 e. The number of carboxylic acid groups (broad SMARTS) is 1.